The molecule has 0 atom stereocenters. The molecule has 1 aromatic carbocycles. The number of carbonyl (C=O) groups excluding carboxylic acids is 1. The van der Waals surface area contributed by atoms with Crippen LogP contribution in [0.2, 0.25) is 0 Å². The molecule has 5 rings (SSSR count). The molecule has 0 spiro atoms. The van der Waals surface area contributed by atoms with Gasteiger partial charge in [-0.25, -0.2) is 14.4 Å². The fourth-order valence-corrected chi connectivity index (χ4v) is 3.54. The summed E-state index contributed by atoms with van der Waals surface area (Å²) in [5.41, 5.74) is 1.55. The van der Waals surface area contributed by atoms with Gasteiger partial charge in [0.05, 0.1) is 42.5 Å². The molecule has 11 nitrogen and oxygen atoms in total. The van der Waals surface area contributed by atoms with Gasteiger partial charge in [0.2, 0.25) is 0 Å². The van der Waals surface area contributed by atoms with Gasteiger partial charge in [0, 0.05) is 25.4 Å². The molecule has 1 aliphatic rings. The molecule has 35 heavy (non-hydrogen) atoms. The predicted molar refractivity (Wildman–Crippen MR) is 126 cm³/mol. The highest BCUT2D eigenvalue weighted by atomic mass is 19.1. The summed E-state index contributed by atoms with van der Waals surface area (Å²) in [6, 6.07) is 9.26. The molecule has 0 unspecified atom stereocenters. The summed E-state index contributed by atoms with van der Waals surface area (Å²) in [4.78, 5) is 20.6. The molecule has 4 aromatic rings. The molecule has 1 amide bonds. The number of nitrogens with one attached hydrogen (secondary N) is 3. The molecule has 0 aliphatic heterocycles. The molecule has 3 N–H and O–H groups in total. The standard InChI is InChI=1S/C23H22FN9O2/c1-25-23(34)20-17(10-19(30-31-20)29-18-8-9-33(32-18)14-6-7-14)28-16-5-3-4-15(21(16)35-2)22-26-11-13(24)12-27-22/h3-5,8-12,14H,6-7H2,1-2H3,(H,25,34)(H2,28,29,30,32). The monoisotopic (exact) mass is 475 g/mol. The summed E-state index contributed by atoms with van der Waals surface area (Å²) in [6.45, 7) is 0. The van der Waals surface area contributed by atoms with E-state index in [4.69, 9.17) is 4.74 Å². The van der Waals surface area contributed by atoms with E-state index in [1.165, 1.54) is 14.2 Å². The third-order valence-electron chi connectivity index (χ3n) is 5.37. The molecule has 3 heterocycles. The highest BCUT2D eigenvalue weighted by Crippen LogP contribution is 2.37. The van der Waals surface area contributed by atoms with Crippen molar-refractivity contribution < 1.29 is 13.9 Å². The zero-order valence-electron chi connectivity index (χ0n) is 19.0. The minimum Gasteiger partial charge on any atom is -0.494 e. The highest BCUT2D eigenvalue weighted by molar-refractivity contribution is 5.99. The van der Waals surface area contributed by atoms with Crippen LogP contribution in [0.1, 0.15) is 29.4 Å². The first-order chi connectivity index (χ1) is 17.1. The van der Waals surface area contributed by atoms with Crippen LogP contribution in [0.4, 0.5) is 27.4 Å². The first kappa shape index (κ1) is 22.2. The lowest BCUT2D eigenvalue weighted by molar-refractivity contribution is 0.0958. The normalized spacial score (nSPS) is 12.8. The molecule has 0 radical (unpaired) electrons. The molecule has 1 fully saturated rings. The minimum absolute atomic E-state index is 0.0899. The summed E-state index contributed by atoms with van der Waals surface area (Å²) < 4.78 is 20.8. The third kappa shape index (κ3) is 4.71. The van der Waals surface area contributed by atoms with E-state index < -0.39 is 11.7 Å². The van der Waals surface area contributed by atoms with Crippen molar-refractivity contribution >= 4 is 28.9 Å². The van der Waals surface area contributed by atoms with E-state index in [2.05, 4.69) is 41.2 Å². The maximum Gasteiger partial charge on any atom is 0.273 e. The molecule has 1 saturated carbocycles. The van der Waals surface area contributed by atoms with E-state index in [0.29, 0.717) is 46.2 Å². The van der Waals surface area contributed by atoms with Gasteiger partial charge in [-0.2, -0.15) is 5.10 Å². The lowest BCUT2D eigenvalue weighted by Gasteiger charge is -2.16. The SMILES string of the molecule is CNC(=O)c1nnc(Nc2ccn(C3CC3)n2)cc1Nc1cccc(-c2ncc(F)cn2)c1OC. The molecule has 1 aliphatic carbocycles. The van der Waals surface area contributed by atoms with Gasteiger partial charge in [0.25, 0.3) is 5.91 Å². The largest absolute Gasteiger partial charge is 0.494 e. The van der Waals surface area contributed by atoms with Crippen LogP contribution in [0.5, 0.6) is 5.75 Å². The number of hydrogen-bond acceptors (Lipinski definition) is 9. The number of rotatable bonds is 8. The van der Waals surface area contributed by atoms with Crippen LogP contribution < -0.4 is 20.7 Å². The summed E-state index contributed by atoms with van der Waals surface area (Å²) >= 11 is 0. The zero-order chi connectivity index (χ0) is 24.4. The number of para-hydroxylation sites is 1. The number of halogens is 1. The highest BCUT2D eigenvalue weighted by Gasteiger charge is 2.24. The Kier molecular flexibility index (Phi) is 5.92. The Morgan fingerprint density at radius 2 is 1.89 bits per heavy atom. The van der Waals surface area contributed by atoms with Crippen molar-refractivity contribution in [2.24, 2.45) is 0 Å². The lowest BCUT2D eigenvalue weighted by Crippen LogP contribution is -2.21. The van der Waals surface area contributed by atoms with Crippen molar-refractivity contribution in [2.45, 2.75) is 18.9 Å². The number of carbonyl (C=O) groups is 1. The van der Waals surface area contributed by atoms with Crippen molar-refractivity contribution in [3.8, 4) is 17.1 Å². The average Bonchev–Trinajstić information content (AvgIpc) is 3.63. The van der Waals surface area contributed by atoms with Gasteiger partial charge in [0.15, 0.2) is 34.7 Å². The molecule has 0 saturated heterocycles. The Morgan fingerprint density at radius 1 is 1.09 bits per heavy atom. The van der Waals surface area contributed by atoms with Crippen LogP contribution >= 0.6 is 0 Å². The number of methoxy groups -OCH3 is 1. The van der Waals surface area contributed by atoms with E-state index in [-0.39, 0.29) is 5.69 Å². The Morgan fingerprint density at radius 3 is 2.60 bits per heavy atom. The molecular weight excluding hydrogens is 453 g/mol. The molecular formula is C23H22FN9O2. The maximum absolute atomic E-state index is 13.3. The van der Waals surface area contributed by atoms with E-state index in [1.807, 2.05) is 16.9 Å². The van der Waals surface area contributed by atoms with Crippen LogP contribution in [-0.4, -0.2) is 50.0 Å². The second kappa shape index (κ2) is 9.33. The zero-order valence-corrected chi connectivity index (χ0v) is 19.0. The van der Waals surface area contributed by atoms with Crippen molar-refractivity contribution in [3.05, 3.63) is 60.4 Å². The molecule has 0 bridgehead atoms. The number of hydrogen-bond donors (Lipinski definition) is 3. The van der Waals surface area contributed by atoms with Crippen LogP contribution in [0.3, 0.4) is 0 Å². The third-order valence-corrected chi connectivity index (χ3v) is 5.37. The van der Waals surface area contributed by atoms with E-state index in [0.717, 1.165) is 25.2 Å². The van der Waals surface area contributed by atoms with E-state index in [1.54, 1.807) is 24.3 Å². The minimum atomic E-state index is -0.540. The smallest absolute Gasteiger partial charge is 0.273 e. The fraction of sp³-hybridized carbons (Fsp3) is 0.217. The van der Waals surface area contributed by atoms with Gasteiger partial charge >= 0.3 is 0 Å². The number of ether oxygens (including phenoxy) is 1. The topological polar surface area (TPSA) is 132 Å². The number of amides is 1. The van der Waals surface area contributed by atoms with Gasteiger partial charge in [-0.3, -0.25) is 9.48 Å². The maximum atomic E-state index is 13.3. The summed E-state index contributed by atoms with van der Waals surface area (Å²) in [7, 11) is 3.01. The van der Waals surface area contributed by atoms with Gasteiger partial charge in [-0.1, -0.05) is 6.07 Å². The average molecular weight is 475 g/mol. The van der Waals surface area contributed by atoms with Crippen molar-refractivity contribution in [3.63, 3.8) is 0 Å². The molecule has 3 aromatic heterocycles. The van der Waals surface area contributed by atoms with Crippen LogP contribution in [-0.2, 0) is 0 Å². The summed E-state index contributed by atoms with van der Waals surface area (Å²) in [6.07, 6.45) is 6.33. The van der Waals surface area contributed by atoms with Gasteiger partial charge in [-0.05, 0) is 25.0 Å². The van der Waals surface area contributed by atoms with Gasteiger partial charge < -0.3 is 20.7 Å². The van der Waals surface area contributed by atoms with E-state index >= 15 is 0 Å². The number of nitrogens with zero attached hydrogens (tertiary/aromatic N) is 6. The lowest BCUT2D eigenvalue weighted by atomic mass is 10.1. The van der Waals surface area contributed by atoms with Crippen molar-refractivity contribution in [2.75, 3.05) is 24.8 Å². The van der Waals surface area contributed by atoms with Crippen LogP contribution in [0.25, 0.3) is 11.4 Å². The number of anilines is 4. The van der Waals surface area contributed by atoms with E-state index in [9.17, 15) is 9.18 Å². The second-order valence-corrected chi connectivity index (χ2v) is 7.84. The van der Waals surface area contributed by atoms with Crippen LogP contribution in [0, 0.1) is 5.82 Å². The van der Waals surface area contributed by atoms with Gasteiger partial charge in [-0.15, -0.1) is 10.2 Å². The first-order valence-electron chi connectivity index (χ1n) is 10.9. The number of benzene rings is 1. The number of aromatic nitrogens is 6. The van der Waals surface area contributed by atoms with Gasteiger partial charge in [0.1, 0.15) is 0 Å². The van der Waals surface area contributed by atoms with Crippen molar-refractivity contribution in [1.29, 1.82) is 0 Å². The second-order valence-electron chi connectivity index (χ2n) is 7.84. The summed E-state index contributed by atoms with van der Waals surface area (Å²) in [5, 5.41) is 21.7. The summed E-state index contributed by atoms with van der Waals surface area (Å²) in [5.74, 6) is 0.774. The molecule has 178 valence electrons. The Labute approximate surface area is 199 Å². The Bertz CT molecular complexity index is 1370. The first-order valence-corrected chi connectivity index (χ1v) is 10.9. The quantitative estimate of drug-likeness (QED) is 0.350. The fourth-order valence-electron chi connectivity index (χ4n) is 3.54. The Balaban J connectivity index is 1.49. The predicted octanol–water partition coefficient (Wildman–Crippen LogP) is 3.46. The van der Waals surface area contributed by atoms with Crippen molar-refractivity contribution in [1.82, 2.24) is 35.3 Å². The Hall–Kier alpha value is -4.61. The van der Waals surface area contributed by atoms with Crippen LogP contribution in [0.15, 0.2) is 48.9 Å². The molecule has 12 heteroatoms.